The number of aliphatic carboxylic acids is 1. The van der Waals surface area contributed by atoms with Gasteiger partial charge in [-0.1, -0.05) is 0 Å². The summed E-state index contributed by atoms with van der Waals surface area (Å²) >= 11 is 0. The van der Waals surface area contributed by atoms with Gasteiger partial charge in [-0.2, -0.15) is 5.10 Å². The van der Waals surface area contributed by atoms with Crippen LogP contribution in [0.5, 0.6) is 0 Å². The Bertz CT molecular complexity index is 700. The number of carbonyl (C=O) groups excluding carboxylic acids is 1. The molecule has 0 saturated heterocycles. The Hall–Kier alpha value is -2.77. The topological polar surface area (TPSA) is 84.2 Å². The number of carboxylic acids is 1. The molecular weight excluding hydrogens is 284 g/mol. The summed E-state index contributed by atoms with van der Waals surface area (Å²) in [6.07, 6.45) is 1.25. The summed E-state index contributed by atoms with van der Waals surface area (Å²) in [5, 5.41) is 14.9. The zero-order valence-corrected chi connectivity index (χ0v) is 10.9. The average Bonchev–Trinajstić information content (AvgIpc) is 2.91. The minimum Gasteiger partial charge on any atom is -0.480 e. The van der Waals surface area contributed by atoms with Gasteiger partial charge in [-0.15, -0.1) is 0 Å². The number of carbonyl (C=O) groups is 2. The Balaban J connectivity index is 2.27. The zero-order chi connectivity index (χ0) is 15.6. The van der Waals surface area contributed by atoms with Gasteiger partial charge in [0.15, 0.2) is 0 Å². The van der Waals surface area contributed by atoms with Gasteiger partial charge < -0.3 is 10.4 Å². The minimum atomic E-state index is -1.18. The molecule has 1 amide bonds. The van der Waals surface area contributed by atoms with Crippen molar-refractivity contribution in [3.8, 4) is 0 Å². The van der Waals surface area contributed by atoms with Crippen molar-refractivity contribution in [2.45, 2.75) is 13.0 Å². The molecule has 1 atom stereocenters. The van der Waals surface area contributed by atoms with Crippen LogP contribution in [0, 0.1) is 11.6 Å². The second-order valence-electron chi connectivity index (χ2n) is 4.25. The van der Waals surface area contributed by atoms with E-state index in [2.05, 4.69) is 10.4 Å². The average molecular weight is 295 g/mol. The second-order valence-corrected chi connectivity index (χ2v) is 4.25. The number of aromatic nitrogens is 2. The number of benzene rings is 1. The molecule has 8 heteroatoms. The molecule has 0 aliphatic heterocycles. The van der Waals surface area contributed by atoms with E-state index in [0.29, 0.717) is 0 Å². The van der Waals surface area contributed by atoms with E-state index in [9.17, 15) is 18.4 Å². The SMILES string of the molecule is CC(C(=O)O)n1nccc1C(=O)Nc1cc(F)ccc1F. The molecule has 21 heavy (non-hydrogen) atoms. The van der Waals surface area contributed by atoms with Gasteiger partial charge in [0.2, 0.25) is 0 Å². The third-order valence-electron chi connectivity index (χ3n) is 2.80. The number of halogens is 2. The van der Waals surface area contributed by atoms with E-state index in [4.69, 9.17) is 5.11 Å². The number of carboxylic acid groups (broad SMARTS) is 1. The number of rotatable bonds is 4. The summed E-state index contributed by atoms with van der Waals surface area (Å²) in [5.74, 6) is -3.48. The summed E-state index contributed by atoms with van der Waals surface area (Å²) < 4.78 is 27.5. The lowest BCUT2D eigenvalue weighted by molar-refractivity contribution is -0.140. The molecule has 0 fully saturated rings. The number of hydrogen-bond acceptors (Lipinski definition) is 3. The van der Waals surface area contributed by atoms with Gasteiger partial charge in [-0.3, -0.25) is 4.79 Å². The second kappa shape index (κ2) is 5.70. The predicted octanol–water partition coefficient (Wildman–Crippen LogP) is 2.06. The van der Waals surface area contributed by atoms with Crippen LogP contribution in [0.25, 0.3) is 0 Å². The van der Waals surface area contributed by atoms with E-state index in [0.717, 1.165) is 22.9 Å². The Morgan fingerprint density at radius 1 is 1.33 bits per heavy atom. The smallest absolute Gasteiger partial charge is 0.328 e. The summed E-state index contributed by atoms with van der Waals surface area (Å²) in [6.45, 7) is 1.34. The molecule has 2 rings (SSSR count). The van der Waals surface area contributed by atoms with E-state index < -0.39 is 29.6 Å². The Labute approximate surface area is 118 Å². The normalized spacial score (nSPS) is 12.0. The Morgan fingerprint density at radius 2 is 2.05 bits per heavy atom. The summed E-state index contributed by atoms with van der Waals surface area (Å²) in [5.41, 5.74) is -0.413. The number of amides is 1. The molecule has 0 saturated carbocycles. The van der Waals surface area contributed by atoms with Crippen LogP contribution in [0.15, 0.2) is 30.5 Å². The van der Waals surface area contributed by atoms with E-state index in [-0.39, 0.29) is 11.4 Å². The third-order valence-corrected chi connectivity index (χ3v) is 2.80. The van der Waals surface area contributed by atoms with Gasteiger partial charge in [-0.25, -0.2) is 18.3 Å². The summed E-state index contributed by atoms with van der Waals surface area (Å²) in [6, 6.07) is 2.84. The molecule has 110 valence electrons. The fourth-order valence-electron chi connectivity index (χ4n) is 1.69. The first kappa shape index (κ1) is 14.6. The van der Waals surface area contributed by atoms with Crippen molar-refractivity contribution in [3.63, 3.8) is 0 Å². The number of hydrogen-bond donors (Lipinski definition) is 2. The molecule has 6 nitrogen and oxygen atoms in total. The molecule has 2 aromatic rings. The zero-order valence-electron chi connectivity index (χ0n) is 10.9. The van der Waals surface area contributed by atoms with Gasteiger partial charge in [0.05, 0.1) is 5.69 Å². The maximum absolute atomic E-state index is 13.5. The molecular formula is C13H11F2N3O3. The lowest BCUT2D eigenvalue weighted by Gasteiger charge is -2.12. The molecule has 0 aliphatic rings. The first-order valence-corrected chi connectivity index (χ1v) is 5.93. The van der Waals surface area contributed by atoms with Crippen molar-refractivity contribution in [2.24, 2.45) is 0 Å². The van der Waals surface area contributed by atoms with Crippen LogP contribution >= 0.6 is 0 Å². The Morgan fingerprint density at radius 3 is 2.71 bits per heavy atom. The molecule has 0 bridgehead atoms. The third kappa shape index (κ3) is 3.04. The lowest BCUT2D eigenvalue weighted by atomic mass is 10.2. The maximum atomic E-state index is 13.5. The highest BCUT2D eigenvalue weighted by molar-refractivity contribution is 6.03. The summed E-state index contributed by atoms with van der Waals surface area (Å²) in [4.78, 5) is 23.0. The van der Waals surface area contributed by atoms with E-state index in [1.807, 2.05) is 0 Å². The molecule has 0 spiro atoms. The molecule has 2 N–H and O–H groups in total. The number of nitrogens with zero attached hydrogens (tertiary/aromatic N) is 2. The van der Waals surface area contributed by atoms with E-state index >= 15 is 0 Å². The highest BCUT2D eigenvalue weighted by Gasteiger charge is 2.21. The molecule has 0 radical (unpaired) electrons. The lowest BCUT2D eigenvalue weighted by Crippen LogP contribution is -2.24. The van der Waals surface area contributed by atoms with Crippen molar-refractivity contribution in [1.82, 2.24) is 9.78 Å². The first-order valence-electron chi connectivity index (χ1n) is 5.93. The predicted molar refractivity (Wildman–Crippen MR) is 68.9 cm³/mol. The molecule has 1 aromatic heterocycles. The maximum Gasteiger partial charge on any atom is 0.328 e. The van der Waals surface area contributed by atoms with Crippen molar-refractivity contribution < 1.29 is 23.5 Å². The van der Waals surface area contributed by atoms with Crippen molar-refractivity contribution in [2.75, 3.05) is 5.32 Å². The van der Waals surface area contributed by atoms with Crippen LogP contribution in [0.3, 0.4) is 0 Å². The van der Waals surface area contributed by atoms with Gasteiger partial charge in [0.1, 0.15) is 23.4 Å². The highest BCUT2D eigenvalue weighted by atomic mass is 19.1. The first-order chi connectivity index (χ1) is 9.90. The van der Waals surface area contributed by atoms with Crippen LogP contribution in [-0.4, -0.2) is 26.8 Å². The van der Waals surface area contributed by atoms with Gasteiger partial charge in [0.25, 0.3) is 5.91 Å². The summed E-state index contributed by atoms with van der Waals surface area (Å²) in [7, 11) is 0. The highest BCUT2D eigenvalue weighted by Crippen LogP contribution is 2.17. The van der Waals surface area contributed by atoms with Crippen LogP contribution in [0.2, 0.25) is 0 Å². The Kier molecular flexibility index (Phi) is 3.97. The quantitative estimate of drug-likeness (QED) is 0.904. The van der Waals surface area contributed by atoms with E-state index in [1.54, 1.807) is 0 Å². The molecule has 1 aromatic carbocycles. The molecule has 0 aliphatic carbocycles. The minimum absolute atomic E-state index is 0.0754. The van der Waals surface area contributed by atoms with Gasteiger partial charge in [-0.05, 0) is 25.1 Å². The van der Waals surface area contributed by atoms with Crippen LogP contribution in [-0.2, 0) is 4.79 Å². The molecule has 1 heterocycles. The van der Waals surface area contributed by atoms with Crippen molar-refractivity contribution in [3.05, 3.63) is 47.8 Å². The van der Waals surface area contributed by atoms with E-state index in [1.165, 1.54) is 19.2 Å². The van der Waals surface area contributed by atoms with Crippen molar-refractivity contribution >= 4 is 17.6 Å². The number of nitrogens with one attached hydrogen (secondary N) is 1. The standard InChI is InChI=1S/C13H11F2N3O3/c1-7(13(20)21)18-11(4-5-16-18)12(19)17-10-6-8(14)2-3-9(10)15/h2-7H,1H3,(H,17,19)(H,20,21). The van der Waals surface area contributed by atoms with Crippen molar-refractivity contribution in [1.29, 1.82) is 0 Å². The largest absolute Gasteiger partial charge is 0.480 e. The van der Waals surface area contributed by atoms with Crippen LogP contribution in [0.1, 0.15) is 23.5 Å². The van der Waals surface area contributed by atoms with Gasteiger partial charge >= 0.3 is 5.97 Å². The fourth-order valence-corrected chi connectivity index (χ4v) is 1.69. The monoisotopic (exact) mass is 295 g/mol. The molecule has 1 unspecified atom stereocenters. The van der Waals surface area contributed by atoms with Crippen LogP contribution in [0.4, 0.5) is 14.5 Å². The van der Waals surface area contributed by atoms with Crippen LogP contribution < -0.4 is 5.32 Å². The number of anilines is 1. The van der Waals surface area contributed by atoms with Gasteiger partial charge in [0, 0.05) is 12.3 Å². The fraction of sp³-hybridized carbons (Fsp3) is 0.154.